The van der Waals surface area contributed by atoms with Gasteiger partial charge in [-0.1, -0.05) is 36.4 Å². The predicted octanol–water partition coefficient (Wildman–Crippen LogP) is 3.96. The van der Waals surface area contributed by atoms with Crippen LogP contribution in [0.4, 0.5) is 0 Å². The van der Waals surface area contributed by atoms with Crippen LogP contribution in [-0.4, -0.2) is 32.3 Å². The SMILES string of the molecule is Cn1c(-c2ccco2)nn(CN2CC=C(c3ccccc3)CC2)c1=S. The van der Waals surface area contributed by atoms with Crippen molar-refractivity contribution < 1.29 is 4.42 Å². The van der Waals surface area contributed by atoms with Crippen LogP contribution in [0.2, 0.25) is 0 Å². The maximum atomic E-state index is 5.54. The first-order valence-electron chi connectivity index (χ1n) is 8.37. The minimum atomic E-state index is 0.686. The van der Waals surface area contributed by atoms with Crippen LogP contribution in [0, 0.1) is 4.77 Å². The molecule has 25 heavy (non-hydrogen) atoms. The molecule has 128 valence electrons. The van der Waals surface area contributed by atoms with Crippen LogP contribution in [0.15, 0.2) is 59.2 Å². The van der Waals surface area contributed by atoms with E-state index in [1.807, 2.05) is 28.4 Å². The molecule has 0 saturated carbocycles. The van der Waals surface area contributed by atoms with Gasteiger partial charge in [-0.25, -0.2) is 4.68 Å². The van der Waals surface area contributed by atoms with Gasteiger partial charge in [-0.05, 0) is 41.9 Å². The van der Waals surface area contributed by atoms with Gasteiger partial charge in [-0.15, -0.1) is 5.10 Å². The average molecular weight is 352 g/mol. The van der Waals surface area contributed by atoms with Crippen molar-refractivity contribution in [2.75, 3.05) is 13.1 Å². The second-order valence-corrected chi connectivity index (χ2v) is 6.57. The second-order valence-electron chi connectivity index (χ2n) is 6.21. The molecule has 4 rings (SSSR count). The molecule has 6 heteroatoms. The molecular weight excluding hydrogens is 332 g/mol. The summed E-state index contributed by atoms with van der Waals surface area (Å²) in [5.41, 5.74) is 2.73. The lowest BCUT2D eigenvalue weighted by Crippen LogP contribution is -2.31. The van der Waals surface area contributed by atoms with E-state index >= 15 is 0 Å². The van der Waals surface area contributed by atoms with E-state index < -0.39 is 0 Å². The highest BCUT2D eigenvalue weighted by atomic mass is 32.1. The number of benzene rings is 1. The third-order valence-electron chi connectivity index (χ3n) is 4.55. The summed E-state index contributed by atoms with van der Waals surface area (Å²) in [6.07, 6.45) is 4.99. The van der Waals surface area contributed by atoms with Gasteiger partial charge in [-0.3, -0.25) is 4.90 Å². The van der Waals surface area contributed by atoms with Gasteiger partial charge in [0.2, 0.25) is 0 Å². The van der Waals surface area contributed by atoms with Crippen molar-refractivity contribution in [1.29, 1.82) is 0 Å². The lowest BCUT2D eigenvalue weighted by Gasteiger charge is -2.26. The molecular formula is C19H20N4OS. The largest absolute Gasteiger partial charge is 0.461 e. The summed E-state index contributed by atoms with van der Waals surface area (Å²) in [6, 6.07) is 14.3. The maximum absolute atomic E-state index is 5.54. The molecule has 0 N–H and O–H groups in total. The maximum Gasteiger partial charge on any atom is 0.199 e. The van der Waals surface area contributed by atoms with E-state index in [-0.39, 0.29) is 0 Å². The summed E-state index contributed by atoms with van der Waals surface area (Å²) in [6.45, 7) is 2.58. The zero-order valence-corrected chi connectivity index (χ0v) is 14.9. The Balaban J connectivity index is 1.50. The van der Waals surface area contributed by atoms with Gasteiger partial charge < -0.3 is 8.98 Å². The van der Waals surface area contributed by atoms with Crippen LogP contribution >= 0.6 is 12.2 Å². The number of furan rings is 1. The van der Waals surface area contributed by atoms with E-state index in [1.165, 1.54) is 11.1 Å². The fourth-order valence-electron chi connectivity index (χ4n) is 3.14. The van der Waals surface area contributed by atoms with Crippen LogP contribution in [-0.2, 0) is 13.7 Å². The molecule has 0 fully saturated rings. The van der Waals surface area contributed by atoms with E-state index in [0.29, 0.717) is 11.4 Å². The Morgan fingerprint density at radius 1 is 1.16 bits per heavy atom. The molecule has 2 aromatic heterocycles. The summed E-state index contributed by atoms with van der Waals surface area (Å²) < 4.78 is 9.92. The molecule has 0 saturated heterocycles. The molecule has 0 bridgehead atoms. The topological polar surface area (TPSA) is 39.1 Å². The summed E-state index contributed by atoms with van der Waals surface area (Å²) >= 11 is 5.54. The number of aromatic nitrogens is 3. The highest BCUT2D eigenvalue weighted by Crippen LogP contribution is 2.23. The van der Waals surface area contributed by atoms with Crippen molar-refractivity contribution in [3.63, 3.8) is 0 Å². The minimum absolute atomic E-state index is 0.686. The van der Waals surface area contributed by atoms with Crippen molar-refractivity contribution in [2.24, 2.45) is 7.05 Å². The molecule has 5 nitrogen and oxygen atoms in total. The van der Waals surface area contributed by atoms with Crippen LogP contribution in [0.5, 0.6) is 0 Å². The van der Waals surface area contributed by atoms with E-state index in [1.54, 1.807) is 6.26 Å². The summed E-state index contributed by atoms with van der Waals surface area (Å²) in [5, 5.41) is 4.64. The van der Waals surface area contributed by atoms with Crippen molar-refractivity contribution in [3.8, 4) is 11.6 Å². The second kappa shape index (κ2) is 6.82. The molecule has 0 unspecified atom stereocenters. The average Bonchev–Trinajstić information content (AvgIpc) is 3.27. The number of hydrogen-bond acceptors (Lipinski definition) is 4. The first-order valence-corrected chi connectivity index (χ1v) is 8.78. The number of hydrogen-bond donors (Lipinski definition) is 0. The van der Waals surface area contributed by atoms with Gasteiger partial charge >= 0.3 is 0 Å². The zero-order valence-electron chi connectivity index (χ0n) is 14.1. The minimum Gasteiger partial charge on any atom is -0.461 e. The molecule has 3 aromatic rings. The quantitative estimate of drug-likeness (QED) is 0.666. The van der Waals surface area contributed by atoms with E-state index in [9.17, 15) is 0 Å². The molecule has 1 aromatic carbocycles. The zero-order chi connectivity index (χ0) is 17.2. The lowest BCUT2D eigenvalue weighted by atomic mass is 10.00. The smallest absolute Gasteiger partial charge is 0.199 e. The molecule has 0 spiro atoms. The van der Waals surface area contributed by atoms with Gasteiger partial charge in [0, 0.05) is 20.1 Å². The Bertz CT molecular complexity index is 938. The van der Waals surface area contributed by atoms with E-state index in [2.05, 4.69) is 46.4 Å². The summed E-state index contributed by atoms with van der Waals surface area (Å²) in [4.78, 5) is 2.35. The third kappa shape index (κ3) is 3.23. The first kappa shape index (κ1) is 16.1. The molecule has 1 aliphatic heterocycles. The Morgan fingerprint density at radius 2 is 2.00 bits per heavy atom. The summed E-state index contributed by atoms with van der Waals surface area (Å²) in [7, 11) is 1.92. The van der Waals surface area contributed by atoms with Crippen LogP contribution < -0.4 is 0 Å². The Labute approximate surface area is 151 Å². The normalized spacial score (nSPS) is 15.3. The van der Waals surface area contributed by atoms with Crippen LogP contribution in [0.25, 0.3) is 17.2 Å². The fraction of sp³-hybridized carbons (Fsp3) is 0.263. The molecule has 0 atom stereocenters. The molecule has 0 amide bonds. The Hall–Kier alpha value is -2.44. The first-order chi connectivity index (χ1) is 12.2. The molecule has 1 aliphatic rings. The predicted molar refractivity (Wildman–Crippen MR) is 100 cm³/mol. The number of nitrogens with zero attached hydrogens (tertiary/aromatic N) is 4. The third-order valence-corrected chi connectivity index (χ3v) is 5.04. The Morgan fingerprint density at radius 3 is 2.68 bits per heavy atom. The fourth-order valence-corrected chi connectivity index (χ4v) is 3.33. The van der Waals surface area contributed by atoms with Gasteiger partial charge in [0.25, 0.3) is 0 Å². The number of rotatable bonds is 4. The van der Waals surface area contributed by atoms with Crippen LogP contribution in [0.3, 0.4) is 0 Å². The standard InChI is InChI=1S/C19H20N4OS/c1-21-18(17-8-5-13-24-17)20-23(19(21)25)14-22-11-9-16(10-12-22)15-6-3-2-4-7-15/h2-9,13H,10-12,14H2,1H3. The highest BCUT2D eigenvalue weighted by Gasteiger charge is 2.17. The molecule has 0 aliphatic carbocycles. The van der Waals surface area contributed by atoms with Crippen molar-refractivity contribution in [2.45, 2.75) is 13.1 Å². The highest BCUT2D eigenvalue weighted by molar-refractivity contribution is 7.71. The van der Waals surface area contributed by atoms with Gasteiger partial charge in [0.05, 0.1) is 12.9 Å². The van der Waals surface area contributed by atoms with Crippen molar-refractivity contribution in [3.05, 3.63) is 65.1 Å². The van der Waals surface area contributed by atoms with E-state index in [0.717, 1.165) is 31.1 Å². The van der Waals surface area contributed by atoms with E-state index in [4.69, 9.17) is 16.6 Å². The monoisotopic (exact) mass is 352 g/mol. The van der Waals surface area contributed by atoms with Gasteiger partial charge in [0.15, 0.2) is 16.4 Å². The molecule has 3 heterocycles. The van der Waals surface area contributed by atoms with Crippen LogP contribution in [0.1, 0.15) is 12.0 Å². The molecule has 0 radical (unpaired) electrons. The van der Waals surface area contributed by atoms with Gasteiger partial charge in [0.1, 0.15) is 0 Å². The van der Waals surface area contributed by atoms with Gasteiger partial charge in [-0.2, -0.15) is 0 Å². The van der Waals surface area contributed by atoms with Crippen molar-refractivity contribution >= 4 is 17.8 Å². The Kier molecular flexibility index (Phi) is 4.38. The summed E-state index contributed by atoms with van der Waals surface area (Å²) in [5.74, 6) is 1.49. The lowest BCUT2D eigenvalue weighted by molar-refractivity contribution is 0.226. The van der Waals surface area contributed by atoms with Crippen molar-refractivity contribution in [1.82, 2.24) is 19.2 Å².